The average Bonchev–Trinajstić information content (AvgIpc) is 2.88. The van der Waals surface area contributed by atoms with Crippen molar-refractivity contribution in [3.05, 3.63) is 51.5 Å². The van der Waals surface area contributed by atoms with Gasteiger partial charge in [0, 0.05) is 31.7 Å². The Bertz CT molecular complexity index is 607. The van der Waals surface area contributed by atoms with Crippen LogP contribution in [0.3, 0.4) is 0 Å². The highest BCUT2D eigenvalue weighted by molar-refractivity contribution is 14.0. The lowest BCUT2D eigenvalue weighted by Gasteiger charge is -2.21. The van der Waals surface area contributed by atoms with Gasteiger partial charge in [-0.2, -0.15) is 0 Å². The van der Waals surface area contributed by atoms with Crippen LogP contribution >= 0.6 is 35.3 Å². The molecule has 120 valence electrons. The van der Waals surface area contributed by atoms with Gasteiger partial charge in [-0.1, -0.05) is 29.8 Å². The van der Waals surface area contributed by atoms with Crippen LogP contribution in [0.1, 0.15) is 21.0 Å². The number of aryl methyl sites for hydroxylation is 2. The summed E-state index contributed by atoms with van der Waals surface area (Å²) in [5.74, 6) is 0.878. The second-order valence-electron chi connectivity index (χ2n) is 5.11. The van der Waals surface area contributed by atoms with Crippen molar-refractivity contribution < 1.29 is 0 Å². The molecule has 0 saturated carbocycles. The molecule has 0 bridgehead atoms. The molecule has 0 aliphatic carbocycles. The van der Waals surface area contributed by atoms with Gasteiger partial charge in [0.1, 0.15) is 5.01 Å². The van der Waals surface area contributed by atoms with Gasteiger partial charge in [-0.05, 0) is 19.4 Å². The van der Waals surface area contributed by atoms with Gasteiger partial charge in [0.15, 0.2) is 5.96 Å². The van der Waals surface area contributed by atoms with E-state index in [1.165, 1.54) is 16.0 Å². The highest BCUT2D eigenvalue weighted by Gasteiger charge is 2.07. The normalized spacial score (nSPS) is 11.0. The fraction of sp³-hybridized carbons (Fsp3) is 0.375. The monoisotopic (exact) mass is 430 g/mol. The summed E-state index contributed by atoms with van der Waals surface area (Å²) < 4.78 is 0. The molecule has 6 heteroatoms. The zero-order valence-electron chi connectivity index (χ0n) is 13.5. The van der Waals surface area contributed by atoms with Crippen LogP contribution in [0.5, 0.6) is 0 Å². The van der Waals surface area contributed by atoms with Crippen molar-refractivity contribution in [2.24, 2.45) is 4.99 Å². The molecule has 1 aromatic carbocycles. The highest BCUT2D eigenvalue weighted by Crippen LogP contribution is 2.11. The number of nitrogens with zero attached hydrogens (tertiary/aromatic N) is 3. The summed E-state index contributed by atoms with van der Waals surface area (Å²) in [6.07, 6.45) is 1.90. The molecule has 1 aromatic heterocycles. The molecule has 0 spiro atoms. The molecule has 0 fully saturated rings. The smallest absolute Gasteiger partial charge is 0.194 e. The van der Waals surface area contributed by atoms with E-state index in [1.807, 2.05) is 13.2 Å². The molecule has 0 unspecified atom stereocenters. The first-order valence-electron chi connectivity index (χ1n) is 6.97. The zero-order valence-corrected chi connectivity index (χ0v) is 16.6. The highest BCUT2D eigenvalue weighted by atomic mass is 127. The number of guanidine groups is 1. The molecular weight excluding hydrogens is 407 g/mol. The van der Waals surface area contributed by atoms with E-state index in [-0.39, 0.29) is 24.0 Å². The van der Waals surface area contributed by atoms with Crippen molar-refractivity contribution in [1.29, 1.82) is 0 Å². The van der Waals surface area contributed by atoms with Gasteiger partial charge in [-0.15, -0.1) is 35.3 Å². The molecule has 1 N–H and O–H groups in total. The molecule has 2 rings (SSSR count). The van der Waals surface area contributed by atoms with Gasteiger partial charge in [0.25, 0.3) is 0 Å². The van der Waals surface area contributed by atoms with Crippen LogP contribution in [0.2, 0.25) is 0 Å². The molecule has 22 heavy (non-hydrogen) atoms. The van der Waals surface area contributed by atoms with E-state index in [4.69, 9.17) is 0 Å². The molecule has 4 nitrogen and oxygen atoms in total. The molecule has 1 heterocycles. The molecule has 0 atom stereocenters. The summed E-state index contributed by atoms with van der Waals surface area (Å²) in [4.78, 5) is 12.0. The first-order chi connectivity index (χ1) is 10.1. The number of aromatic nitrogens is 1. The fourth-order valence-electron chi connectivity index (χ4n) is 2.06. The fourth-order valence-corrected chi connectivity index (χ4v) is 2.79. The number of rotatable bonds is 4. The Balaban J connectivity index is 0.00000242. The number of hydrogen-bond donors (Lipinski definition) is 1. The maximum atomic E-state index is 4.36. The van der Waals surface area contributed by atoms with Gasteiger partial charge in [0.2, 0.25) is 0 Å². The second kappa shape index (κ2) is 9.09. The predicted octanol–water partition coefficient (Wildman–Crippen LogP) is 3.59. The Labute approximate surface area is 153 Å². The Kier molecular flexibility index (Phi) is 7.81. The molecule has 0 saturated heterocycles. The van der Waals surface area contributed by atoms with Crippen LogP contribution in [-0.4, -0.2) is 29.9 Å². The molecule has 0 aliphatic heterocycles. The van der Waals surface area contributed by atoms with E-state index >= 15 is 0 Å². The Hall–Kier alpha value is -1.15. The Morgan fingerprint density at radius 1 is 1.27 bits per heavy atom. The van der Waals surface area contributed by atoms with E-state index in [1.54, 1.807) is 18.4 Å². The molecule has 0 aliphatic rings. The lowest BCUT2D eigenvalue weighted by atomic mass is 10.1. The van der Waals surface area contributed by atoms with Crippen LogP contribution < -0.4 is 5.32 Å². The molecule has 0 radical (unpaired) electrons. The number of nitrogens with one attached hydrogen (secondary N) is 1. The summed E-state index contributed by atoms with van der Waals surface area (Å²) in [7, 11) is 3.85. The van der Waals surface area contributed by atoms with Crippen molar-refractivity contribution in [3.63, 3.8) is 0 Å². The number of aliphatic imine (C=N–C) groups is 1. The quantitative estimate of drug-likeness (QED) is 0.458. The largest absolute Gasteiger partial charge is 0.350 e. The summed E-state index contributed by atoms with van der Waals surface area (Å²) in [5.41, 5.74) is 2.55. The maximum Gasteiger partial charge on any atom is 0.194 e. The average molecular weight is 430 g/mol. The van der Waals surface area contributed by atoms with Crippen LogP contribution in [-0.2, 0) is 13.1 Å². The minimum absolute atomic E-state index is 0. The summed E-state index contributed by atoms with van der Waals surface area (Å²) in [6, 6.07) is 8.59. The first-order valence-corrected chi connectivity index (χ1v) is 7.79. The van der Waals surface area contributed by atoms with Crippen LogP contribution in [0, 0.1) is 13.8 Å². The van der Waals surface area contributed by atoms with E-state index in [9.17, 15) is 0 Å². The number of halogens is 1. The SMILES string of the molecule is CN=C(NCc1ncc(C)s1)N(C)Cc1ccc(C)cc1.I. The van der Waals surface area contributed by atoms with Crippen molar-refractivity contribution in [2.45, 2.75) is 26.9 Å². The van der Waals surface area contributed by atoms with Crippen molar-refractivity contribution in [2.75, 3.05) is 14.1 Å². The molecule has 0 amide bonds. The van der Waals surface area contributed by atoms with E-state index in [0.29, 0.717) is 6.54 Å². The third-order valence-corrected chi connectivity index (χ3v) is 4.09. The van der Waals surface area contributed by atoms with Crippen molar-refractivity contribution in [1.82, 2.24) is 15.2 Å². The van der Waals surface area contributed by atoms with Crippen LogP contribution in [0.4, 0.5) is 0 Å². The van der Waals surface area contributed by atoms with Crippen molar-refractivity contribution in [3.8, 4) is 0 Å². The Morgan fingerprint density at radius 3 is 2.50 bits per heavy atom. The zero-order chi connectivity index (χ0) is 15.2. The minimum atomic E-state index is 0. The van der Waals surface area contributed by atoms with Gasteiger partial charge < -0.3 is 10.2 Å². The second-order valence-corrected chi connectivity index (χ2v) is 6.43. The predicted molar refractivity (Wildman–Crippen MR) is 105 cm³/mol. The molecular formula is C16H23IN4S. The summed E-state index contributed by atoms with van der Waals surface area (Å²) >= 11 is 1.71. The standard InChI is InChI=1S/C16H22N4S.HI/c1-12-5-7-14(8-6-12)11-20(4)16(17-3)19-10-15-18-9-13(2)21-15;/h5-9H,10-11H2,1-4H3,(H,17,19);1H. The van der Waals surface area contributed by atoms with Gasteiger partial charge >= 0.3 is 0 Å². The topological polar surface area (TPSA) is 40.5 Å². The van der Waals surface area contributed by atoms with Gasteiger partial charge in [-0.3, -0.25) is 4.99 Å². The lowest BCUT2D eigenvalue weighted by Crippen LogP contribution is -2.38. The first kappa shape index (κ1) is 18.9. The Morgan fingerprint density at radius 2 is 1.95 bits per heavy atom. The maximum absolute atomic E-state index is 4.36. The number of thiazole rings is 1. The summed E-state index contributed by atoms with van der Waals surface area (Å²) in [6.45, 7) is 5.71. The van der Waals surface area contributed by atoms with E-state index in [2.05, 4.69) is 58.3 Å². The van der Waals surface area contributed by atoms with Gasteiger partial charge in [-0.25, -0.2) is 4.98 Å². The van der Waals surface area contributed by atoms with E-state index in [0.717, 1.165) is 17.5 Å². The van der Waals surface area contributed by atoms with Gasteiger partial charge in [0.05, 0.1) is 6.54 Å². The number of benzene rings is 1. The summed E-state index contributed by atoms with van der Waals surface area (Å²) in [5, 5.41) is 4.44. The number of hydrogen-bond acceptors (Lipinski definition) is 3. The lowest BCUT2D eigenvalue weighted by molar-refractivity contribution is 0.476. The third kappa shape index (κ3) is 5.57. The van der Waals surface area contributed by atoms with Crippen LogP contribution in [0.15, 0.2) is 35.5 Å². The third-order valence-electron chi connectivity index (χ3n) is 3.18. The van der Waals surface area contributed by atoms with E-state index < -0.39 is 0 Å². The van der Waals surface area contributed by atoms with Crippen LogP contribution in [0.25, 0.3) is 0 Å². The van der Waals surface area contributed by atoms with Crippen molar-refractivity contribution >= 4 is 41.3 Å². The minimum Gasteiger partial charge on any atom is -0.350 e. The molecule has 2 aromatic rings.